The van der Waals surface area contributed by atoms with Crippen LogP contribution in [0.5, 0.6) is 0 Å². The summed E-state index contributed by atoms with van der Waals surface area (Å²) in [7, 11) is 0. The summed E-state index contributed by atoms with van der Waals surface area (Å²) in [6, 6.07) is 14.1. The average Bonchev–Trinajstić information content (AvgIpc) is 2.72. The molecule has 2 aromatic carbocycles. The van der Waals surface area contributed by atoms with Gasteiger partial charge in [0, 0.05) is 0 Å². The number of anilines is 2. The van der Waals surface area contributed by atoms with Crippen molar-refractivity contribution in [2.45, 2.75) is 95.4 Å². The summed E-state index contributed by atoms with van der Waals surface area (Å²) in [5.41, 5.74) is 9.26. The van der Waals surface area contributed by atoms with Gasteiger partial charge in [-0.25, -0.2) is 0 Å². The fraction of sp³-hybridized carbons (Fsp3) is 0.586. The summed E-state index contributed by atoms with van der Waals surface area (Å²) in [5, 5.41) is 0. The summed E-state index contributed by atoms with van der Waals surface area (Å²) in [6.45, 7) is 21.3. The number of benzene rings is 2. The van der Waals surface area contributed by atoms with Crippen molar-refractivity contribution in [2.24, 2.45) is 0 Å². The first-order valence-corrected chi connectivity index (χ1v) is 21.0. The molecule has 0 aromatic heterocycles. The Balaban J connectivity index is 2.22. The molecule has 1 fully saturated rings. The average molecular weight is 541 g/mol. The molecule has 0 aliphatic carbocycles. The molecule has 2 aromatic rings. The van der Waals surface area contributed by atoms with Crippen LogP contribution in [0.1, 0.15) is 108 Å². The van der Waals surface area contributed by atoms with Crippen LogP contribution in [0.3, 0.4) is 0 Å². The molecule has 0 atom stereocenters. The molecule has 3 heteroatoms. The summed E-state index contributed by atoms with van der Waals surface area (Å²) in [5.74, 6) is 2.15. The molecular weight excluding hydrogens is 495 g/mol. The fourth-order valence-corrected chi connectivity index (χ4v) is 15.0. The first-order valence-electron chi connectivity index (χ1n) is 12.8. The Hall–Kier alpha value is -1.16. The summed E-state index contributed by atoms with van der Waals surface area (Å²) in [4.78, 5) is 5.30. The third-order valence-electron chi connectivity index (χ3n) is 7.31. The molecule has 0 saturated carbocycles. The summed E-state index contributed by atoms with van der Waals surface area (Å²) in [6.07, 6.45) is 1.23. The molecule has 1 saturated heterocycles. The van der Waals surface area contributed by atoms with Crippen LogP contribution in [0, 0.1) is 0 Å². The summed E-state index contributed by atoms with van der Waals surface area (Å²) < 4.78 is 5.87. The van der Waals surface area contributed by atoms with Gasteiger partial charge in [0.1, 0.15) is 0 Å². The third kappa shape index (κ3) is 4.72. The van der Waals surface area contributed by atoms with Crippen LogP contribution in [-0.2, 0) is 0 Å². The second-order valence-electron chi connectivity index (χ2n) is 11.3. The number of hydrogen-bond acceptors (Lipinski definition) is 2. The monoisotopic (exact) mass is 542 g/mol. The van der Waals surface area contributed by atoms with E-state index in [2.05, 4.69) is 108 Å². The van der Waals surface area contributed by atoms with Crippen molar-refractivity contribution in [1.82, 2.24) is 0 Å². The predicted molar refractivity (Wildman–Crippen MR) is 146 cm³/mol. The van der Waals surface area contributed by atoms with E-state index in [-0.39, 0.29) is 0 Å². The van der Waals surface area contributed by atoms with Crippen molar-refractivity contribution >= 4 is 30.3 Å². The quantitative estimate of drug-likeness (QED) is 0.338. The molecule has 176 valence electrons. The second kappa shape index (κ2) is 9.99. The third-order valence-corrected chi connectivity index (χ3v) is 17.4. The molecule has 0 N–H and O–H groups in total. The molecule has 0 unspecified atom stereocenters. The molecule has 32 heavy (non-hydrogen) atoms. The van der Waals surface area contributed by atoms with E-state index >= 15 is 0 Å². The second-order valence-corrected chi connectivity index (χ2v) is 23.0. The van der Waals surface area contributed by atoms with Gasteiger partial charge < -0.3 is 0 Å². The van der Waals surface area contributed by atoms with E-state index in [1.165, 1.54) is 41.8 Å². The van der Waals surface area contributed by atoms with Gasteiger partial charge in [-0.3, -0.25) is 0 Å². The van der Waals surface area contributed by atoms with Crippen molar-refractivity contribution in [2.75, 3.05) is 19.3 Å². The van der Waals surface area contributed by atoms with Crippen molar-refractivity contribution in [3.05, 3.63) is 58.7 Å². The van der Waals surface area contributed by atoms with Crippen LogP contribution in [0.2, 0.25) is 9.88 Å². The van der Waals surface area contributed by atoms with E-state index in [0.29, 0.717) is 23.7 Å². The number of para-hydroxylation sites is 2. The zero-order chi connectivity index (χ0) is 23.8. The van der Waals surface area contributed by atoms with Crippen LogP contribution in [-0.4, -0.2) is 32.0 Å². The van der Waals surface area contributed by atoms with E-state index in [4.69, 9.17) is 0 Å². The van der Waals surface area contributed by atoms with E-state index in [0.717, 1.165) is 0 Å². The molecule has 0 bridgehead atoms. The van der Waals surface area contributed by atoms with Gasteiger partial charge in [0.2, 0.25) is 0 Å². The first kappa shape index (κ1) is 25.5. The normalized spacial score (nSPS) is 16.7. The molecule has 1 heterocycles. The van der Waals surface area contributed by atoms with Crippen LogP contribution >= 0.6 is 0 Å². The molecule has 0 spiro atoms. The molecule has 0 amide bonds. The topological polar surface area (TPSA) is 6.48 Å². The maximum absolute atomic E-state index is 2.93. The number of hydrogen-bond donors (Lipinski definition) is 0. The molecule has 3 rings (SSSR count). The van der Waals surface area contributed by atoms with Gasteiger partial charge in [0.05, 0.1) is 0 Å². The Morgan fingerprint density at radius 1 is 0.562 bits per heavy atom. The Morgan fingerprint density at radius 3 is 1.09 bits per heavy atom. The van der Waals surface area contributed by atoms with E-state index in [1.807, 2.05) is 0 Å². The molecule has 2 nitrogen and oxygen atoms in total. The van der Waals surface area contributed by atoms with Gasteiger partial charge in [-0.05, 0) is 0 Å². The van der Waals surface area contributed by atoms with Gasteiger partial charge in [-0.1, -0.05) is 0 Å². The number of rotatable bonds is 6. The SMILES string of the molecule is CC(C)c1cccc(C(C)C)c1[N]1CCC[N](c2c(C(C)C)cccc2C(C)C)[Sn]1([CH3])[CH3]. The van der Waals surface area contributed by atoms with E-state index < -0.39 is 18.9 Å². The Labute approximate surface area is 203 Å². The van der Waals surface area contributed by atoms with E-state index in [1.54, 1.807) is 11.4 Å². The van der Waals surface area contributed by atoms with Crippen LogP contribution in [0.4, 0.5) is 11.4 Å². The molecular formula is C29H46N2Sn. The number of nitrogens with zero attached hydrogens (tertiary/aromatic N) is 2. The van der Waals surface area contributed by atoms with Gasteiger partial charge in [0.25, 0.3) is 0 Å². The minimum absolute atomic E-state index is 0.537. The van der Waals surface area contributed by atoms with E-state index in [9.17, 15) is 0 Å². The van der Waals surface area contributed by atoms with Crippen LogP contribution in [0.25, 0.3) is 0 Å². The van der Waals surface area contributed by atoms with Gasteiger partial charge >= 0.3 is 204 Å². The van der Waals surface area contributed by atoms with Crippen molar-refractivity contribution in [3.8, 4) is 0 Å². The zero-order valence-corrected chi connectivity index (χ0v) is 25.1. The van der Waals surface area contributed by atoms with Crippen molar-refractivity contribution in [3.63, 3.8) is 0 Å². The standard InChI is InChI=1S/C27H40N2.2CH3.Sn/c1-18(2)22-12-9-13-23(19(3)4)26(22)28-16-11-17-29-27-24(20(5)6)14-10-15-25(27)21(7)8;;;/h9-10,12-15,18-21H,11,16-17H2,1-8H3;2*1H3;/q-2;;;+2. The Kier molecular flexibility index (Phi) is 7.95. The molecule has 1 aliphatic rings. The van der Waals surface area contributed by atoms with Crippen LogP contribution < -0.4 is 6.24 Å². The van der Waals surface area contributed by atoms with Gasteiger partial charge in [0.15, 0.2) is 0 Å². The fourth-order valence-electron chi connectivity index (χ4n) is 5.50. The van der Waals surface area contributed by atoms with Gasteiger partial charge in [-0.15, -0.1) is 0 Å². The minimum atomic E-state index is -2.93. The Morgan fingerprint density at radius 2 is 0.844 bits per heavy atom. The predicted octanol–water partition coefficient (Wildman–Crippen LogP) is 8.60. The maximum atomic E-state index is 2.93. The summed E-state index contributed by atoms with van der Waals surface area (Å²) >= 11 is -2.93. The molecule has 1 aliphatic heterocycles. The molecule has 0 radical (unpaired) electrons. The van der Waals surface area contributed by atoms with Gasteiger partial charge in [-0.2, -0.15) is 0 Å². The van der Waals surface area contributed by atoms with Crippen molar-refractivity contribution in [1.29, 1.82) is 0 Å². The first-order chi connectivity index (χ1) is 15.0. The van der Waals surface area contributed by atoms with Crippen LogP contribution in [0.15, 0.2) is 36.4 Å². The zero-order valence-electron chi connectivity index (χ0n) is 22.3. The van der Waals surface area contributed by atoms with Crippen molar-refractivity contribution < 1.29 is 0 Å². The Bertz CT molecular complexity index is 801.